The highest BCUT2D eigenvalue weighted by molar-refractivity contribution is 5.79. The number of furan rings is 1. The summed E-state index contributed by atoms with van der Waals surface area (Å²) in [5.74, 6) is 1.23. The van der Waals surface area contributed by atoms with Crippen LogP contribution in [-0.4, -0.2) is 40.3 Å². The molecule has 1 saturated heterocycles. The summed E-state index contributed by atoms with van der Waals surface area (Å²) in [6, 6.07) is 5.54. The number of likely N-dealkylation sites (tertiary alicyclic amines) is 1. The van der Waals surface area contributed by atoms with Crippen molar-refractivity contribution in [3.05, 3.63) is 57.9 Å². The minimum Gasteiger partial charge on any atom is -0.468 e. The highest BCUT2D eigenvalue weighted by Gasteiger charge is 2.31. The zero-order chi connectivity index (χ0) is 17.2. The molecule has 0 saturated carbocycles. The van der Waals surface area contributed by atoms with Crippen molar-refractivity contribution in [2.45, 2.75) is 32.4 Å². The van der Waals surface area contributed by atoms with E-state index in [0.717, 1.165) is 55.8 Å². The summed E-state index contributed by atoms with van der Waals surface area (Å²) in [6.07, 6.45) is 6.18. The van der Waals surface area contributed by atoms with E-state index in [1.807, 2.05) is 17.0 Å². The molecular formula is C19H23N3O3. The fourth-order valence-electron chi connectivity index (χ4n) is 3.93. The van der Waals surface area contributed by atoms with E-state index < -0.39 is 0 Å². The first-order valence-corrected chi connectivity index (χ1v) is 8.93. The maximum absolute atomic E-state index is 13.0. The lowest BCUT2D eigenvalue weighted by molar-refractivity contribution is -0.138. The Labute approximate surface area is 146 Å². The molecule has 1 N–H and O–H groups in total. The number of fused-ring (bicyclic) bond motifs is 1. The van der Waals surface area contributed by atoms with Crippen LogP contribution in [0.5, 0.6) is 0 Å². The van der Waals surface area contributed by atoms with E-state index in [1.54, 1.807) is 18.5 Å². The second-order valence-corrected chi connectivity index (χ2v) is 7.01. The molecule has 1 atom stereocenters. The van der Waals surface area contributed by atoms with Crippen LogP contribution in [0.3, 0.4) is 0 Å². The number of piperidine rings is 1. The zero-order valence-electron chi connectivity index (χ0n) is 14.2. The van der Waals surface area contributed by atoms with Crippen LogP contribution in [0.4, 0.5) is 0 Å². The van der Waals surface area contributed by atoms with Gasteiger partial charge in [0.1, 0.15) is 5.76 Å². The number of carbonyl (C=O) groups excluding carboxylic acids is 1. The fourth-order valence-corrected chi connectivity index (χ4v) is 3.93. The van der Waals surface area contributed by atoms with Crippen LogP contribution in [0, 0.1) is 5.92 Å². The Morgan fingerprint density at radius 1 is 1.32 bits per heavy atom. The number of pyridine rings is 1. The van der Waals surface area contributed by atoms with Gasteiger partial charge in [-0.2, -0.15) is 0 Å². The Kier molecular flexibility index (Phi) is 4.44. The number of nitrogens with zero attached hydrogens (tertiary/aromatic N) is 2. The van der Waals surface area contributed by atoms with Gasteiger partial charge in [0, 0.05) is 31.9 Å². The maximum atomic E-state index is 13.0. The molecule has 0 bridgehead atoms. The monoisotopic (exact) mass is 341 g/mol. The molecule has 25 heavy (non-hydrogen) atoms. The molecule has 0 spiro atoms. The third-order valence-corrected chi connectivity index (χ3v) is 5.24. The highest BCUT2D eigenvalue weighted by Crippen LogP contribution is 2.24. The lowest BCUT2D eigenvalue weighted by atomic mass is 9.94. The first-order valence-electron chi connectivity index (χ1n) is 8.93. The van der Waals surface area contributed by atoms with Gasteiger partial charge in [-0.3, -0.25) is 14.5 Å². The summed E-state index contributed by atoms with van der Waals surface area (Å²) in [4.78, 5) is 31.4. The molecule has 0 aromatic carbocycles. The average molecular weight is 341 g/mol. The molecule has 6 heteroatoms. The quantitative estimate of drug-likeness (QED) is 0.924. The standard InChI is InChI=1S/C19H23N3O3/c23-18-9-14-5-7-22(12-16(14)10-20-18)19(24)15-3-1-6-21(11-15)13-17-4-2-8-25-17/h2,4,8-10,15H,1,3,5-7,11-13H2,(H,20,23). The number of amides is 1. The molecule has 4 rings (SSSR count). The van der Waals surface area contributed by atoms with Crippen LogP contribution < -0.4 is 5.56 Å². The van der Waals surface area contributed by atoms with Crippen molar-refractivity contribution < 1.29 is 9.21 Å². The van der Waals surface area contributed by atoms with Gasteiger partial charge in [-0.25, -0.2) is 0 Å². The SMILES string of the molecule is O=C(C1CCCN(Cc2ccco2)C1)N1CCc2cc(=O)[nH]cc2C1. The minimum absolute atomic E-state index is 0.0491. The van der Waals surface area contributed by atoms with E-state index in [4.69, 9.17) is 4.42 Å². The molecule has 0 radical (unpaired) electrons. The lowest BCUT2D eigenvalue weighted by Crippen LogP contribution is -2.46. The summed E-state index contributed by atoms with van der Waals surface area (Å²) >= 11 is 0. The van der Waals surface area contributed by atoms with Gasteiger partial charge in [-0.15, -0.1) is 0 Å². The molecule has 6 nitrogen and oxygen atoms in total. The molecule has 2 aromatic rings. The number of aromatic nitrogens is 1. The third kappa shape index (κ3) is 3.54. The molecule has 1 unspecified atom stereocenters. The number of hydrogen-bond donors (Lipinski definition) is 1. The van der Waals surface area contributed by atoms with Crippen molar-refractivity contribution >= 4 is 5.91 Å². The first kappa shape index (κ1) is 16.1. The van der Waals surface area contributed by atoms with Gasteiger partial charge in [0.25, 0.3) is 0 Å². The molecule has 2 aliphatic heterocycles. The summed E-state index contributed by atoms with van der Waals surface area (Å²) in [5.41, 5.74) is 2.05. The maximum Gasteiger partial charge on any atom is 0.248 e. The van der Waals surface area contributed by atoms with Crippen LogP contribution in [0.2, 0.25) is 0 Å². The number of H-pyrrole nitrogens is 1. The first-order chi connectivity index (χ1) is 12.2. The lowest BCUT2D eigenvalue weighted by Gasteiger charge is -2.36. The second-order valence-electron chi connectivity index (χ2n) is 7.01. The van der Waals surface area contributed by atoms with E-state index in [1.165, 1.54) is 0 Å². The van der Waals surface area contributed by atoms with Crippen molar-refractivity contribution in [2.24, 2.45) is 5.92 Å². The molecule has 0 aliphatic carbocycles. The summed E-state index contributed by atoms with van der Waals surface area (Å²) in [6.45, 7) is 3.85. The number of hydrogen-bond acceptors (Lipinski definition) is 4. The average Bonchev–Trinajstić information content (AvgIpc) is 3.14. The second kappa shape index (κ2) is 6.88. The van der Waals surface area contributed by atoms with Crippen molar-refractivity contribution in [3.63, 3.8) is 0 Å². The number of nitrogens with one attached hydrogen (secondary N) is 1. The topological polar surface area (TPSA) is 69.6 Å². The van der Waals surface area contributed by atoms with E-state index in [9.17, 15) is 9.59 Å². The Morgan fingerprint density at radius 3 is 3.08 bits per heavy atom. The van der Waals surface area contributed by atoms with E-state index in [0.29, 0.717) is 13.1 Å². The van der Waals surface area contributed by atoms with Crippen molar-refractivity contribution in [2.75, 3.05) is 19.6 Å². The van der Waals surface area contributed by atoms with Gasteiger partial charge < -0.3 is 14.3 Å². The minimum atomic E-state index is -0.0700. The fraction of sp³-hybridized carbons (Fsp3) is 0.474. The zero-order valence-corrected chi connectivity index (χ0v) is 14.2. The molecule has 4 heterocycles. The van der Waals surface area contributed by atoms with Gasteiger partial charge in [0.2, 0.25) is 11.5 Å². The van der Waals surface area contributed by atoms with Gasteiger partial charge in [-0.05, 0) is 49.1 Å². The van der Waals surface area contributed by atoms with Crippen molar-refractivity contribution in [3.8, 4) is 0 Å². The van der Waals surface area contributed by atoms with E-state index in [-0.39, 0.29) is 17.4 Å². The van der Waals surface area contributed by atoms with Crippen LogP contribution >= 0.6 is 0 Å². The molecule has 2 aliphatic rings. The van der Waals surface area contributed by atoms with E-state index >= 15 is 0 Å². The Bertz CT molecular complexity index is 796. The number of rotatable bonds is 3. The molecule has 1 fully saturated rings. The third-order valence-electron chi connectivity index (χ3n) is 5.24. The molecular weight excluding hydrogens is 318 g/mol. The summed E-state index contributed by atoms with van der Waals surface area (Å²) < 4.78 is 5.43. The summed E-state index contributed by atoms with van der Waals surface area (Å²) in [5, 5.41) is 0. The number of carbonyl (C=O) groups is 1. The van der Waals surface area contributed by atoms with Gasteiger partial charge in [0.05, 0.1) is 18.7 Å². The molecule has 1 amide bonds. The van der Waals surface area contributed by atoms with Crippen LogP contribution in [0.1, 0.15) is 29.7 Å². The Balaban J connectivity index is 1.40. The van der Waals surface area contributed by atoms with E-state index in [2.05, 4.69) is 9.88 Å². The predicted octanol–water partition coefficient (Wildman–Crippen LogP) is 1.76. The van der Waals surface area contributed by atoms with Crippen LogP contribution in [0.15, 0.2) is 39.9 Å². The summed E-state index contributed by atoms with van der Waals surface area (Å²) in [7, 11) is 0. The predicted molar refractivity (Wildman–Crippen MR) is 92.9 cm³/mol. The van der Waals surface area contributed by atoms with Gasteiger partial charge in [-0.1, -0.05) is 0 Å². The van der Waals surface area contributed by atoms with Crippen molar-refractivity contribution in [1.82, 2.24) is 14.8 Å². The van der Waals surface area contributed by atoms with Gasteiger partial charge >= 0.3 is 0 Å². The normalized spacial score (nSPS) is 21.1. The largest absolute Gasteiger partial charge is 0.468 e. The number of aromatic amines is 1. The Hall–Kier alpha value is -2.34. The molecule has 2 aromatic heterocycles. The Morgan fingerprint density at radius 2 is 2.24 bits per heavy atom. The van der Waals surface area contributed by atoms with Crippen LogP contribution in [0.25, 0.3) is 0 Å². The molecule has 132 valence electrons. The smallest absolute Gasteiger partial charge is 0.248 e. The highest BCUT2D eigenvalue weighted by atomic mass is 16.3. The van der Waals surface area contributed by atoms with Crippen molar-refractivity contribution in [1.29, 1.82) is 0 Å². The van der Waals surface area contributed by atoms with Gasteiger partial charge in [0.15, 0.2) is 0 Å². The van der Waals surface area contributed by atoms with Crippen LogP contribution in [-0.2, 0) is 24.3 Å².